The van der Waals surface area contributed by atoms with Crippen LogP contribution in [0, 0.1) is 5.92 Å². The monoisotopic (exact) mass is 341 g/mol. The molecular formula is C19H23N3O3. The van der Waals surface area contributed by atoms with Crippen LogP contribution in [0.2, 0.25) is 0 Å². The number of nitrogens with one attached hydrogen (secondary N) is 2. The van der Waals surface area contributed by atoms with E-state index >= 15 is 0 Å². The molecule has 2 aromatic rings. The van der Waals surface area contributed by atoms with E-state index in [0.717, 1.165) is 19.5 Å². The van der Waals surface area contributed by atoms with Crippen molar-refractivity contribution in [2.24, 2.45) is 5.92 Å². The minimum Gasteiger partial charge on any atom is -0.459 e. The summed E-state index contributed by atoms with van der Waals surface area (Å²) >= 11 is 0. The molecule has 0 unspecified atom stereocenters. The molecule has 0 bridgehead atoms. The molecule has 2 heterocycles. The second-order valence-electron chi connectivity index (χ2n) is 6.35. The molecule has 6 heteroatoms. The third-order valence-electron chi connectivity index (χ3n) is 4.46. The van der Waals surface area contributed by atoms with Crippen LogP contribution in [0.4, 0.5) is 5.69 Å². The second-order valence-corrected chi connectivity index (χ2v) is 6.35. The van der Waals surface area contributed by atoms with Crippen LogP contribution in [0.3, 0.4) is 0 Å². The standard InChI is InChI=1S/C19H23N3O3/c1-14(21-19(24)17-8-5-11-25-17)18(23)20-12-15-9-10-22(13-15)16-6-3-2-4-7-16/h2-8,11,14-15H,9-10,12-13H2,1H3,(H,20,23)(H,21,24)/t14-,15-/m0/s1. The lowest BCUT2D eigenvalue weighted by molar-refractivity contribution is -0.122. The zero-order chi connectivity index (χ0) is 17.6. The maximum Gasteiger partial charge on any atom is 0.287 e. The van der Waals surface area contributed by atoms with Crippen molar-refractivity contribution in [3.05, 3.63) is 54.5 Å². The molecule has 0 radical (unpaired) electrons. The van der Waals surface area contributed by atoms with Gasteiger partial charge in [0.1, 0.15) is 6.04 Å². The predicted octanol–water partition coefficient (Wildman–Crippen LogP) is 2.04. The lowest BCUT2D eigenvalue weighted by atomic mass is 10.1. The highest BCUT2D eigenvalue weighted by atomic mass is 16.3. The molecule has 1 aliphatic heterocycles. The Hall–Kier alpha value is -2.76. The smallest absolute Gasteiger partial charge is 0.287 e. The van der Waals surface area contributed by atoms with Crippen molar-refractivity contribution in [1.82, 2.24) is 10.6 Å². The van der Waals surface area contributed by atoms with Gasteiger partial charge in [-0.1, -0.05) is 18.2 Å². The summed E-state index contributed by atoms with van der Waals surface area (Å²) in [6, 6.07) is 12.9. The van der Waals surface area contributed by atoms with Gasteiger partial charge >= 0.3 is 0 Å². The van der Waals surface area contributed by atoms with Gasteiger partial charge in [-0.15, -0.1) is 0 Å². The first-order valence-electron chi connectivity index (χ1n) is 8.55. The molecule has 2 amide bonds. The van der Waals surface area contributed by atoms with Gasteiger partial charge in [-0.05, 0) is 43.5 Å². The number of furan rings is 1. The Morgan fingerprint density at radius 2 is 2.04 bits per heavy atom. The highest BCUT2D eigenvalue weighted by Gasteiger charge is 2.24. The molecule has 25 heavy (non-hydrogen) atoms. The fourth-order valence-electron chi connectivity index (χ4n) is 3.01. The van der Waals surface area contributed by atoms with Gasteiger partial charge < -0.3 is 20.0 Å². The number of carbonyl (C=O) groups excluding carboxylic acids is 2. The number of carbonyl (C=O) groups is 2. The highest BCUT2D eigenvalue weighted by molar-refractivity contribution is 5.95. The maximum atomic E-state index is 12.2. The zero-order valence-electron chi connectivity index (χ0n) is 14.3. The van der Waals surface area contributed by atoms with E-state index in [1.54, 1.807) is 19.1 Å². The SMILES string of the molecule is C[C@H](NC(=O)c1ccco1)C(=O)NC[C@@H]1CCN(c2ccccc2)C1. The third-order valence-corrected chi connectivity index (χ3v) is 4.46. The van der Waals surface area contributed by atoms with Gasteiger partial charge in [0, 0.05) is 25.3 Å². The first-order valence-corrected chi connectivity index (χ1v) is 8.55. The molecule has 1 aliphatic rings. The van der Waals surface area contributed by atoms with Gasteiger partial charge in [-0.2, -0.15) is 0 Å². The van der Waals surface area contributed by atoms with Crippen LogP contribution < -0.4 is 15.5 Å². The molecule has 132 valence electrons. The quantitative estimate of drug-likeness (QED) is 0.843. The fourth-order valence-corrected chi connectivity index (χ4v) is 3.01. The Bertz CT molecular complexity index is 700. The Labute approximate surface area is 147 Å². The fraction of sp³-hybridized carbons (Fsp3) is 0.368. The number of anilines is 1. The summed E-state index contributed by atoms with van der Waals surface area (Å²) in [5, 5.41) is 5.57. The minimum atomic E-state index is -0.607. The summed E-state index contributed by atoms with van der Waals surface area (Å²) < 4.78 is 5.02. The molecule has 0 saturated carbocycles. The average molecular weight is 341 g/mol. The molecule has 1 saturated heterocycles. The first-order chi connectivity index (χ1) is 12.1. The van der Waals surface area contributed by atoms with Gasteiger partial charge in [0.05, 0.1) is 6.26 Å². The van der Waals surface area contributed by atoms with E-state index < -0.39 is 6.04 Å². The first kappa shape index (κ1) is 17.1. The van der Waals surface area contributed by atoms with Crippen LogP contribution in [0.5, 0.6) is 0 Å². The van der Waals surface area contributed by atoms with Crippen LogP contribution >= 0.6 is 0 Å². The van der Waals surface area contributed by atoms with Crippen molar-refractivity contribution >= 4 is 17.5 Å². The van der Waals surface area contributed by atoms with Crippen molar-refractivity contribution in [3.63, 3.8) is 0 Å². The van der Waals surface area contributed by atoms with Crippen molar-refractivity contribution in [2.75, 3.05) is 24.5 Å². The van der Waals surface area contributed by atoms with Crippen molar-refractivity contribution < 1.29 is 14.0 Å². The van der Waals surface area contributed by atoms with Gasteiger partial charge in [-0.25, -0.2) is 0 Å². The molecule has 2 atom stereocenters. The predicted molar refractivity (Wildman–Crippen MR) is 95.4 cm³/mol. The minimum absolute atomic E-state index is 0.182. The number of benzene rings is 1. The van der Waals surface area contributed by atoms with Gasteiger partial charge in [0.25, 0.3) is 5.91 Å². The topological polar surface area (TPSA) is 74.6 Å². The number of rotatable bonds is 6. The van der Waals surface area contributed by atoms with E-state index in [1.165, 1.54) is 12.0 Å². The van der Waals surface area contributed by atoms with E-state index in [0.29, 0.717) is 12.5 Å². The Morgan fingerprint density at radius 3 is 2.76 bits per heavy atom. The lowest BCUT2D eigenvalue weighted by Crippen LogP contribution is -2.46. The molecular weight excluding hydrogens is 318 g/mol. The Balaban J connectivity index is 1.42. The van der Waals surface area contributed by atoms with Crippen molar-refractivity contribution in [3.8, 4) is 0 Å². The summed E-state index contributed by atoms with van der Waals surface area (Å²) in [5.74, 6) is 0.0490. The van der Waals surface area contributed by atoms with E-state index in [2.05, 4.69) is 27.7 Å². The summed E-state index contributed by atoms with van der Waals surface area (Å²) in [5.41, 5.74) is 1.22. The highest BCUT2D eigenvalue weighted by Crippen LogP contribution is 2.22. The van der Waals surface area contributed by atoms with Gasteiger partial charge in [-0.3, -0.25) is 9.59 Å². The number of hydrogen-bond donors (Lipinski definition) is 2. The lowest BCUT2D eigenvalue weighted by Gasteiger charge is -2.19. The van der Waals surface area contributed by atoms with Gasteiger partial charge in [0.15, 0.2) is 5.76 Å². The molecule has 6 nitrogen and oxygen atoms in total. The summed E-state index contributed by atoms with van der Waals surface area (Å²) in [4.78, 5) is 26.4. The van der Waals surface area contributed by atoms with Crippen LogP contribution in [0.15, 0.2) is 53.1 Å². The molecule has 3 rings (SSSR count). The van der Waals surface area contributed by atoms with Crippen molar-refractivity contribution in [2.45, 2.75) is 19.4 Å². The van der Waals surface area contributed by atoms with Crippen LogP contribution in [0.1, 0.15) is 23.9 Å². The second kappa shape index (κ2) is 7.88. The number of nitrogens with zero attached hydrogens (tertiary/aromatic N) is 1. The Morgan fingerprint density at radius 1 is 1.24 bits per heavy atom. The normalized spacial score (nSPS) is 18.0. The third kappa shape index (κ3) is 4.41. The number of hydrogen-bond acceptors (Lipinski definition) is 4. The Kier molecular flexibility index (Phi) is 5.38. The van der Waals surface area contributed by atoms with Crippen LogP contribution in [-0.2, 0) is 4.79 Å². The summed E-state index contributed by atoms with van der Waals surface area (Å²) in [7, 11) is 0. The average Bonchev–Trinajstić information content (AvgIpc) is 3.32. The largest absolute Gasteiger partial charge is 0.459 e. The molecule has 0 aliphatic carbocycles. The van der Waals surface area contributed by atoms with Crippen molar-refractivity contribution in [1.29, 1.82) is 0 Å². The number of amides is 2. The van der Waals surface area contributed by atoms with E-state index in [-0.39, 0.29) is 17.6 Å². The maximum absolute atomic E-state index is 12.2. The molecule has 1 fully saturated rings. The summed E-state index contributed by atoms with van der Waals surface area (Å²) in [6.45, 7) is 4.21. The van der Waals surface area contributed by atoms with Gasteiger partial charge in [0.2, 0.25) is 5.91 Å². The van der Waals surface area contributed by atoms with E-state index in [1.807, 2.05) is 18.2 Å². The van der Waals surface area contributed by atoms with Crippen LogP contribution in [-0.4, -0.2) is 37.5 Å². The van der Waals surface area contributed by atoms with E-state index in [4.69, 9.17) is 4.42 Å². The molecule has 0 spiro atoms. The molecule has 1 aromatic heterocycles. The molecule has 2 N–H and O–H groups in total. The van der Waals surface area contributed by atoms with E-state index in [9.17, 15) is 9.59 Å². The van der Waals surface area contributed by atoms with Crippen LogP contribution in [0.25, 0.3) is 0 Å². The zero-order valence-corrected chi connectivity index (χ0v) is 14.3. The molecule has 1 aromatic carbocycles. The summed E-state index contributed by atoms with van der Waals surface area (Å²) in [6.07, 6.45) is 2.47. The number of para-hydroxylation sites is 1.